The van der Waals surface area contributed by atoms with Gasteiger partial charge in [0.1, 0.15) is 4.90 Å². The summed E-state index contributed by atoms with van der Waals surface area (Å²) in [5.41, 5.74) is -0.127. The summed E-state index contributed by atoms with van der Waals surface area (Å²) in [6.07, 6.45) is 0. The van der Waals surface area contributed by atoms with E-state index in [0.29, 0.717) is 0 Å². The SMILES string of the molecule is CNc1cc(S(=O)(=O)O)ccc1S(=O)(=O)O. The van der Waals surface area contributed by atoms with E-state index in [1.54, 1.807) is 0 Å². The van der Waals surface area contributed by atoms with Crippen LogP contribution in [0.3, 0.4) is 0 Å². The van der Waals surface area contributed by atoms with E-state index < -0.39 is 30.0 Å². The molecule has 0 atom stereocenters. The quantitative estimate of drug-likeness (QED) is 0.670. The van der Waals surface area contributed by atoms with Gasteiger partial charge in [0.05, 0.1) is 10.6 Å². The average Bonchev–Trinajstić information content (AvgIpc) is 2.14. The van der Waals surface area contributed by atoms with Crippen LogP contribution in [-0.2, 0) is 20.2 Å². The Hall–Kier alpha value is -1.16. The lowest BCUT2D eigenvalue weighted by Gasteiger charge is -2.07. The molecule has 1 aromatic rings. The third-order valence-corrected chi connectivity index (χ3v) is 3.56. The Morgan fingerprint density at radius 3 is 2.00 bits per heavy atom. The van der Waals surface area contributed by atoms with Crippen molar-refractivity contribution in [3.8, 4) is 0 Å². The predicted molar refractivity (Wildman–Crippen MR) is 55.6 cm³/mol. The van der Waals surface area contributed by atoms with E-state index in [2.05, 4.69) is 5.32 Å². The van der Waals surface area contributed by atoms with E-state index in [4.69, 9.17) is 9.11 Å². The zero-order valence-corrected chi connectivity index (χ0v) is 9.71. The zero-order chi connectivity index (χ0) is 12.6. The number of nitrogens with one attached hydrogen (secondary N) is 1. The van der Waals surface area contributed by atoms with Crippen LogP contribution in [0.5, 0.6) is 0 Å². The Morgan fingerprint density at radius 2 is 1.62 bits per heavy atom. The summed E-state index contributed by atoms with van der Waals surface area (Å²) in [6, 6.07) is 2.65. The first-order valence-corrected chi connectivity index (χ1v) is 6.81. The molecule has 16 heavy (non-hydrogen) atoms. The summed E-state index contributed by atoms with van der Waals surface area (Å²) >= 11 is 0. The van der Waals surface area contributed by atoms with Crippen LogP contribution in [0, 0.1) is 0 Å². The smallest absolute Gasteiger partial charge is 0.296 e. The van der Waals surface area contributed by atoms with Crippen LogP contribution >= 0.6 is 0 Å². The first-order valence-electron chi connectivity index (χ1n) is 3.93. The largest absolute Gasteiger partial charge is 0.387 e. The van der Waals surface area contributed by atoms with Gasteiger partial charge in [-0.1, -0.05) is 0 Å². The fourth-order valence-electron chi connectivity index (χ4n) is 1.09. The first kappa shape index (κ1) is 12.9. The van der Waals surface area contributed by atoms with E-state index in [1.807, 2.05) is 0 Å². The molecule has 0 heterocycles. The Balaban J connectivity index is 3.52. The molecule has 0 aliphatic rings. The average molecular weight is 267 g/mol. The van der Waals surface area contributed by atoms with Gasteiger partial charge in [-0.15, -0.1) is 0 Å². The molecular weight excluding hydrogens is 258 g/mol. The normalized spacial score (nSPS) is 12.4. The van der Waals surface area contributed by atoms with Crippen molar-refractivity contribution in [1.29, 1.82) is 0 Å². The van der Waals surface area contributed by atoms with Gasteiger partial charge in [-0.05, 0) is 18.2 Å². The second-order valence-corrected chi connectivity index (χ2v) is 5.67. The van der Waals surface area contributed by atoms with Gasteiger partial charge in [-0.2, -0.15) is 16.8 Å². The number of benzene rings is 1. The monoisotopic (exact) mass is 267 g/mol. The molecule has 9 heteroatoms. The van der Waals surface area contributed by atoms with Crippen molar-refractivity contribution in [2.45, 2.75) is 9.79 Å². The van der Waals surface area contributed by atoms with Crippen molar-refractivity contribution in [1.82, 2.24) is 0 Å². The zero-order valence-electron chi connectivity index (χ0n) is 8.08. The van der Waals surface area contributed by atoms with Crippen molar-refractivity contribution < 1.29 is 25.9 Å². The number of hydrogen-bond acceptors (Lipinski definition) is 5. The lowest BCUT2D eigenvalue weighted by atomic mass is 10.3. The minimum Gasteiger partial charge on any atom is -0.387 e. The van der Waals surface area contributed by atoms with Crippen LogP contribution in [-0.4, -0.2) is 33.0 Å². The van der Waals surface area contributed by atoms with Crippen LogP contribution in [0.1, 0.15) is 0 Å². The van der Waals surface area contributed by atoms with Crippen molar-refractivity contribution in [3.05, 3.63) is 18.2 Å². The van der Waals surface area contributed by atoms with Crippen molar-refractivity contribution in [3.63, 3.8) is 0 Å². The summed E-state index contributed by atoms with van der Waals surface area (Å²) in [5.74, 6) is 0. The molecular formula is C7H9NO6S2. The van der Waals surface area contributed by atoms with Gasteiger partial charge in [0.25, 0.3) is 20.2 Å². The lowest BCUT2D eigenvalue weighted by molar-refractivity contribution is 0.479. The third kappa shape index (κ3) is 2.70. The minimum atomic E-state index is -4.45. The van der Waals surface area contributed by atoms with Crippen LogP contribution in [0.4, 0.5) is 5.69 Å². The van der Waals surface area contributed by atoms with Crippen molar-refractivity contribution >= 4 is 25.9 Å². The number of hydrogen-bond donors (Lipinski definition) is 3. The van der Waals surface area contributed by atoms with Gasteiger partial charge >= 0.3 is 0 Å². The first-order chi connectivity index (χ1) is 7.16. The van der Waals surface area contributed by atoms with Crippen LogP contribution < -0.4 is 5.32 Å². The summed E-state index contributed by atoms with van der Waals surface area (Å²) in [6.45, 7) is 0. The second-order valence-electron chi connectivity index (χ2n) is 2.86. The topological polar surface area (TPSA) is 121 Å². The molecule has 0 unspecified atom stereocenters. The lowest BCUT2D eigenvalue weighted by Crippen LogP contribution is -2.06. The van der Waals surface area contributed by atoms with Crippen molar-refractivity contribution in [2.75, 3.05) is 12.4 Å². The highest BCUT2D eigenvalue weighted by Crippen LogP contribution is 2.24. The number of rotatable bonds is 3. The molecule has 0 amide bonds. The molecule has 0 saturated carbocycles. The molecule has 0 aliphatic heterocycles. The molecule has 0 radical (unpaired) electrons. The van der Waals surface area contributed by atoms with E-state index in [9.17, 15) is 16.8 Å². The van der Waals surface area contributed by atoms with E-state index >= 15 is 0 Å². The summed E-state index contributed by atoms with van der Waals surface area (Å²) in [4.78, 5) is -0.938. The molecule has 3 N–H and O–H groups in total. The highest BCUT2D eigenvalue weighted by atomic mass is 32.2. The molecule has 90 valence electrons. The molecule has 1 aromatic carbocycles. The maximum atomic E-state index is 10.9. The molecule has 1 rings (SSSR count). The van der Waals surface area contributed by atoms with Crippen LogP contribution in [0.15, 0.2) is 28.0 Å². The summed E-state index contributed by atoms with van der Waals surface area (Å²) in [7, 11) is -7.52. The maximum Gasteiger partial charge on any atom is 0.296 e. The predicted octanol–water partition coefficient (Wildman–Crippen LogP) is 0.222. The van der Waals surface area contributed by atoms with Gasteiger partial charge < -0.3 is 5.32 Å². The highest BCUT2D eigenvalue weighted by molar-refractivity contribution is 7.86. The molecule has 0 spiro atoms. The van der Waals surface area contributed by atoms with Gasteiger partial charge in [0.15, 0.2) is 0 Å². The third-order valence-electron chi connectivity index (χ3n) is 1.80. The van der Waals surface area contributed by atoms with Crippen molar-refractivity contribution in [2.24, 2.45) is 0 Å². The maximum absolute atomic E-state index is 10.9. The Bertz CT molecular complexity index is 604. The molecule has 0 bridgehead atoms. The van der Waals surface area contributed by atoms with E-state index in [0.717, 1.165) is 18.2 Å². The second kappa shape index (κ2) is 4.01. The Kier molecular flexibility index (Phi) is 3.24. The molecule has 0 aliphatic carbocycles. The van der Waals surface area contributed by atoms with Gasteiger partial charge in [0, 0.05) is 7.05 Å². The molecule has 7 nitrogen and oxygen atoms in total. The van der Waals surface area contributed by atoms with Gasteiger partial charge in [-0.25, -0.2) is 0 Å². The summed E-state index contributed by atoms with van der Waals surface area (Å²) < 4.78 is 60.9. The van der Waals surface area contributed by atoms with Crippen LogP contribution in [0.25, 0.3) is 0 Å². The van der Waals surface area contributed by atoms with E-state index in [1.165, 1.54) is 7.05 Å². The molecule has 0 fully saturated rings. The molecule has 0 saturated heterocycles. The number of anilines is 1. The van der Waals surface area contributed by atoms with Gasteiger partial charge in [0.2, 0.25) is 0 Å². The Labute approximate surface area is 92.6 Å². The minimum absolute atomic E-state index is 0.127. The fraction of sp³-hybridized carbons (Fsp3) is 0.143. The highest BCUT2D eigenvalue weighted by Gasteiger charge is 2.18. The Morgan fingerprint density at radius 1 is 1.06 bits per heavy atom. The fourth-order valence-corrected chi connectivity index (χ4v) is 2.28. The standard InChI is InChI=1S/C7H9NO6S2/c1-8-6-4-5(15(9,10)11)2-3-7(6)16(12,13)14/h2-4,8H,1H3,(H,9,10,11)(H,12,13,14). The van der Waals surface area contributed by atoms with Gasteiger partial charge in [-0.3, -0.25) is 9.11 Å². The van der Waals surface area contributed by atoms with E-state index in [-0.39, 0.29) is 5.69 Å². The molecule has 0 aromatic heterocycles. The van der Waals surface area contributed by atoms with Crippen LogP contribution in [0.2, 0.25) is 0 Å². The summed E-state index contributed by atoms with van der Waals surface area (Å²) in [5, 5.41) is 2.40.